The number of likely N-dealkylation sites (tertiary alicyclic amines) is 1. The Hall–Kier alpha value is -1.85. The lowest BCUT2D eigenvalue weighted by molar-refractivity contribution is 0.205. The summed E-state index contributed by atoms with van der Waals surface area (Å²) in [5.41, 5.74) is 12.9. The van der Waals surface area contributed by atoms with E-state index in [1.54, 1.807) is 11.8 Å². The van der Waals surface area contributed by atoms with E-state index >= 15 is 0 Å². The first-order chi connectivity index (χ1) is 12.2. The maximum atomic E-state index is 5.86. The van der Waals surface area contributed by atoms with Gasteiger partial charge in [-0.05, 0) is 74.8 Å². The molecule has 1 saturated heterocycles. The Kier molecular flexibility index (Phi) is 6.48. The van der Waals surface area contributed by atoms with Crippen LogP contribution in [-0.2, 0) is 0 Å². The van der Waals surface area contributed by atoms with E-state index in [9.17, 15) is 0 Å². The van der Waals surface area contributed by atoms with Gasteiger partial charge in [0.25, 0.3) is 0 Å². The summed E-state index contributed by atoms with van der Waals surface area (Å²) >= 11 is 1.67. The minimum absolute atomic E-state index is 0.623. The standard InChI is InChI=1S/C20H27N3OS/c21-19-10-9-18(15-20(19)22)25-17-7-5-16(6-8-17)24-14-4-13-23-11-2-1-3-12-23/h5-10,15H,1-4,11-14,21-22H2. The highest BCUT2D eigenvalue weighted by Gasteiger charge is 2.09. The van der Waals surface area contributed by atoms with Crippen LogP contribution < -0.4 is 16.2 Å². The fourth-order valence-corrected chi connectivity index (χ4v) is 3.88. The van der Waals surface area contributed by atoms with E-state index in [0.29, 0.717) is 11.4 Å². The van der Waals surface area contributed by atoms with Crippen LogP contribution in [0.25, 0.3) is 0 Å². The monoisotopic (exact) mass is 357 g/mol. The Balaban J connectivity index is 1.42. The summed E-state index contributed by atoms with van der Waals surface area (Å²) in [6.45, 7) is 4.42. The first-order valence-corrected chi connectivity index (χ1v) is 9.80. The molecule has 3 rings (SSSR count). The molecular formula is C20H27N3OS. The van der Waals surface area contributed by atoms with Gasteiger partial charge in [-0.15, -0.1) is 0 Å². The van der Waals surface area contributed by atoms with Gasteiger partial charge < -0.3 is 21.1 Å². The van der Waals surface area contributed by atoms with Crippen molar-refractivity contribution >= 4 is 23.1 Å². The topological polar surface area (TPSA) is 64.5 Å². The van der Waals surface area contributed by atoms with Crippen molar-refractivity contribution in [3.05, 3.63) is 42.5 Å². The van der Waals surface area contributed by atoms with Crippen molar-refractivity contribution in [3.63, 3.8) is 0 Å². The zero-order valence-corrected chi connectivity index (χ0v) is 15.4. The number of hydrogen-bond donors (Lipinski definition) is 2. The van der Waals surface area contributed by atoms with E-state index in [1.807, 2.05) is 30.3 Å². The van der Waals surface area contributed by atoms with E-state index in [1.165, 1.54) is 32.4 Å². The molecule has 0 amide bonds. The molecule has 4 nitrogen and oxygen atoms in total. The average Bonchev–Trinajstić information content (AvgIpc) is 2.64. The van der Waals surface area contributed by atoms with Crippen LogP contribution in [0, 0.1) is 0 Å². The van der Waals surface area contributed by atoms with Crippen molar-refractivity contribution in [1.29, 1.82) is 0 Å². The summed E-state index contributed by atoms with van der Waals surface area (Å²) < 4.78 is 5.86. The summed E-state index contributed by atoms with van der Waals surface area (Å²) in [5.74, 6) is 0.930. The van der Waals surface area contributed by atoms with Crippen LogP contribution in [0.2, 0.25) is 0 Å². The van der Waals surface area contributed by atoms with Crippen molar-refractivity contribution < 1.29 is 4.74 Å². The van der Waals surface area contributed by atoms with Gasteiger partial charge in [0.05, 0.1) is 18.0 Å². The van der Waals surface area contributed by atoms with Crippen molar-refractivity contribution in [2.75, 3.05) is 37.7 Å². The van der Waals surface area contributed by atoms with E-state index in [2.05, 4.69) is 17.0 Å². The zero-order valence-electron chi connectivity index (χ0n) is 14.6. The molecule has 25 heavy (non-hydrogen) atoms. The molecule has 0 radical (unpaired) electrons. The average molecular weight is 358 g/mol. The highest BCUT2D eigenvalue weighted by atomic mass is 32.2. The Morgan fingerprint density at radius 1 is 0.880 bits per heavy atom. The van der Waals surface area contributed by atoms with Gasteiger partial charge in [0.2, 0.25) is 0 Å². The van der Waals surface area contributed by atoms with Crippen molar-refractivity contribution in [3.8, 4) is 5.75 Å². The van der Waals surface area contributed by atoms with Gasteiger partial charge in [-0.25, -0.2) is 0 Å². The molecule has 1 heterocycles. The van der Waals surface area contributed by atoms with Gasteiger partial charge >= 0.3 is 0 Å². The highest BCUT2D eigenvalue weighted by molar-refractivity contribution is 7.99. The number of nitrogens with zero attached hydrogens (tertiary/aromatic N) is 1. The minimum Gasteiger partial charge on any atom is -0.494 e. The van der Waals surface area contributed by atoms with Gasteiger partial charge in [0.1, 0.15) is 5.75 Å². The van der Waals surface area contributed by atoms with Gasteiger partial charge in [-0.3, -0.25) is 0 Å². The fraction of sp³-hybridized carbons (Fsp3) is 0.400. The number of ether oxygens (including phenoxy) is 1. The van der Waals surface area contributed by atoms with Crippen LogP contribution in [0.5, 0.6) is 5.75 Å². The Labute approximate surface area is 154 Å². The highest BCUT2D eigenvalue weighted by Crippen LogP contribution is 2.31. The van der Waals surface area contributed by atoms with Crippen LogP contribution in [0.3, 0.4) is 0 Å². The van der Waals surface area contributed by atoms with Gasteiger partial charge in [0, 0.05) is 16.3 Å². The molecule has 0 unspecified atom stereocenters. The second kappa shape index (κ2) is 9.02. The first-order valence-electron chi connectivity index (χ1n) is 8.99. The third-order valence-corrected chi connectivity index (χ3v) is 5.45. The molecule has 2 aromatic carbocycles. The normalized spacial score (nSPS) is 15.2. The largest absolute Gasteiger partial charge is 0.494 e. The van der Waals surface area contributed by atoms with Crippen LogP contribution in [0.15, 0.2) is 52.3 Å². The summed E-state index contributed by atoms with van der Waals surface area (Å²) in [6, 6.07) is 14.0. The second-order valence-electron chi connectivity index (χ2n) is 6.47. The molecule has 0 saturated carbocycles. The molecule has 1 aliphatic heterocycles. The Morgan fingerprint density at radius 2 is 1.60 bits per heavy atom. The molecule has 0 bridgehead atoms. The van der Waals surface area contributed by atoms with Crippen molar-refractivity contribution in [1.82, 2.24) is 4.90 Å². The summed E-state index contributed by atoms with van der Waals surface area (Å²) in [5, 5.41) is 0. The SMILES string of the molecule is Nc1ccc(Sc2ccc(OCCCN3CCCCC3)cc2)cc1N. The number of hydrogen-bond acceptors (Lipinski definition) is 5. The van der Waals surface area contributed by atoms with Crippen LogP contribution in [-0.4, -0.2) is 31.1 Å². The van der Waals surface area contributed by atoms with Crippen LogP contribution >= 0.6 is 11.8 Å². The molecule has 2 aromatic rings. The van der Waals surface area contributed by atoms with Gasteiger partial charge in [-0.2, -0.15) is 0 Å². The maximum Gasteiger partial charge on any atom is 0.119 e. The fourth-order valence-electron chi connectivity index (χ4n) is 3.02. The molecule has 1 aliphatic rings. The number of nitrogens with two attached hydrogens (primary N) is 2. The maximum absolute atomic E-state index is 5.86. The molecule has 134 valence electrons. The molecule has 5 heteroatoms. The Bertz CT molecular complexity index is 669. The van der Waals surface area contributed by atoms with Gasteiger partial charge in [0.15, 0.2) is 0 Å². The lowest BCUT2D eigenvalue weighted by Gasteiger charge is -2.26. The number of piperidine rings is 1. The second-order valence-corrected chi connectivity index (χ2v) is 7.62. The summed E-state index contributed by atoms with van der Waals surface area (Å²) in [6.07, 6.45) is 5.17. The quantitative estimate of drug-likeness (QED) is 0.573. The zero-order chi connectivity index (χ0) is 17.5. The predicted molar refractivity (Wildman–Crippen MR) is 106 cm³/mol. The molecule has 0 atom stereocenters. The Morgan fingerprint density at radius 3 is 2.32 bits per heavy atom. The van der Waals surface area contributed by atoms with E-state index in [-0.39, 0.29) is 0 Å². The molecule has 4 N–H and O–H groups in total. The van der Waals surface area contributed by atoms with Crippen LogP contribution in [0.4, 0.5) is 11.4 Å². The van der Waals surface area contributed by atoms with Crippen molar-refractivity contribution in [2.45, 2.75) is 35.5 Å². The summed E-state index contributed by atoms with van der Waals surface area (Å²) in [4.78, 5) is 4.79. The number of anilines is 2. The summed E-state index contributed by atoms with van der Waals surface area (Å²) in [7, 11) is 0. The number of nitrogen functional groups attached to an aromatic ring is 2. The van der Waals surface area contributed by atoms with Crippen molar-refractivity contribution in [2.24, 2.45) is 0 Å². The van der Waals surface area contributed by atoms with E-state index in [0.717, 1.165) is 35.1 Å². The molecule has 0 spiro atoms. The predicted octanol–water partition coefficient (Wildman–Crippen LogP) is 4.26. The molecule has 0 aliphatic carbocycles. The smallest absolute Gasteiger partial charge is 0.119 e. The molecular weight excluding hydrogens is 330 g/mol. The third kappa shape index (κ3) is 5.58. The lowest BCUT2D eigenvalue weighted by Crippen LogP contribution is -2.31. The van der Waals surface area contributed by atoms with Gasteiger partial charge in [-0.1, -0.05) is 18.2 Å². The molecule has 0 aromatic heterocycles. The molecule has 1 fully saturated rings. The minimum atomic E-state index is 0.623. The van der Waals surface area contributed by atoms with E-state index in [4.69, 9.17) is 16.2 Å². The third-order valence-electron chi connectivity index (χ3n) is 4.45. The number of benzene rings is 2. The van der Waals surface area contributed by atoms with Crippen LogP contribution in [0.1, 0.15) is 25.7 Å². The lowest BCUT2D eigenvalue weighted by atomic mass is 10.1. The first kappa shape index (κ1) is 18.0. The number of rotatable bonds is 7. The van der Waals surface area contributed by atoms with E-state index < -0.39 is 0 Å².